The second kappa shape index (κ2) is 6.88. The molecule has 0 amide bonds. The molecule has 0 radical (unpaired) electrons. The van der Waals surface area contributed by atoms with Gasteiger partial charge in [0.15, 0.2) is 0 Å². The molecular weight excluding hydrogens is 202 g/mol. The Hall–Kier alpha value is -0.590. The van der Waals surface area contributed by atoms with Crippen molar-refractivity contribution in [2.24, 2.45) is 5.92 Å². The molecule has 0 aliphatic heterocycles. The number of aliphatic hydroxyl groups excluding tert-OH is 1. The van der Waals surface area contributed by atoms with E-state index in [9.17, 15) is 5.11 Å². The Bertz CT molecular complexity index is 229. The van der Waals surface area contributed by atoms with Gasteiger partial charge in [0.25, 0.3) is 0 Å². The van der Waals surface area contributed by atoms with Crippen molar-refractivity contribution >= 4 is 0 Å². The highest BCUT2D eigenvalue weighted by atomic mass is 16.5. The van der Waals surface area contributed by atoms with E-state index in [1.165, 1.54) is 32.1 Å². The Morgan fingerprint density at radius 1 is 1.31 bits per heavy atom. The first-order chi connectivity index (χ1) is 7.63. The van der Waals surface area contributed by atoms with Crippen molar-refractivity contribution in [2.75, 3.05) is 0 Å². The summed E-state index contributed by atoms with van der Waals surface area (Å²) in [6.45, 7) is 3.51. The lowest BCUT2D eigenvalue weighted by Gasteiger charge is -2.26. The van der Waals surface area contributed by atoms with E-state index in [1.54, 1.807) is 6.92 Å². The molecule has 3 unspecified atom stereocenters. The summed E-state index contributed by atoms with van der Waals surface area (Å²) in [6, 6.07) is 2.20. The highest BCUT2D eigenvalue weighted by Crippen LogP contribution is 2.28. The van der Waals surface area contributed by atoms with Gasteiger partial charge in [0.2, 0.25) is 0 Å². The molecule has 92 valence electrons. The van der Waals surface area contributed by atoms with E-state index in [2.05, 4.69) is 6.07 Å². The van der Waals surface area contributed by atoms with Crippen LogP contribution in [0.2, 0.25) is 0 Å². The molecule has 0 spiro atoms. The number of rotatable bonds is 5. The van der Waals surface area contributed by atoms with Gasteiger partial charge in [-0.15, -0.1) is 0 Å². The minimum atomic E-state index is -0.512. The Balaban J connectivity index is 2.33. The number of nitriles is 1. The number of hydrogen-bond donors (Lipinski definition) is 1. The quantitative estimate of drug-likeness (QED) is 0.782. The van der Waals surface area contributed by atoms with Crippen molar-refractivity contribution in [1.29, 1.82) is 5.26 Å². The molecule has 16 heavy (non-hydrogen) atoms. The van der Waals surface area contributed by atoms with Gasteiger partial charge in [-0.25, -0.2) is 0 Å². The van der Waals surface area contributed by atoms with E-state index in [0.717, 1.165) is 6.42 Å². The number of hydrogen-bond acceptors (Lipinski definition) is 3. The van der Waals surface area contributed by atoms with Crippen molar-refractivity contribution in [3.05, 3.63) is 0 Å². The van der Waals surface area contributed by atoms with Gasteiger partial charge in [0.05, 0.1) is 18.3 Å². The second-order valence-electron chi connectivity index (χ2n) is 4.94. The third-order valence-electron chi connectivity index (χ3n) is 3.47. The van der Waals surface area contributed by atoms with Gasteiger partial charge in [0, 0.05) is 0 Å². The predicted molar refractivity (Wildman–Crippen MR) is 62.8 cm³/mol. The summed E-state index contributed by atoms with van der Waals surface area (Å²) in [7, 11) is 0. The van der Waals surface area contributed by atoms with Crippen LogP contribution in [0.15, 0.2) is 0 Å². The van der Waals surface area contributed by atoms with Gasteiger partial charge in [0.1, 0.15) is 6.10 Å². The minimum Gasteiger partial charge on any atom is -0.391 e. The predicted octanol–water partition coefficient (Wildman–Crippen LogP) is 2.63. The van der Waals surface area contributed by atoms with Crippen LogP contribution in [0.4, 0.5) is 0 Å². The van der Waals surface area contributed by atoms with Gasteiger partial charge in [-0.1, -0.05) is 32.1 Å². The van der Waals surface area contributed by atoms with Crippen LogP contribution in [-0.4, -0.2) is 23.4 Å². The molecule has 1 fully saturated rings. The zero-order valence-corrected chi connectivity index (χ0v) is 10.4. The maximum absolute atomic E-state index is 9.34. The molecule has 0 aromatic rings. The third-order valence-corrected chi connectivity index (χ3v) is 3.47. The summed E-state index contributed by atoms with van der Waals surface area (Å²) in [5.41, 5.74) is 0. The van der Waals surface area contributed by atoms with Gasteiger partial charge in [-0.2, -0.15) is 5.26 Å². The van der Waals surface area contributed by atoms with Crippen molar-refractivity contribution < 1.29 is 9.84 Å². The molecule has 3 heteroatoms. The standard InChI is InChI=1S/C13H23NO2/c1-10(15)11(2)16-13(9-14)8-12-6-4-3-5-7-12/h10-13,15H,3-8H2,1-2H3. The molecule has 3 atom stereocenters. The molecule has 0 saturated heterocycles. The van der Waals surface area contributed by atoms with E-state index >= 15 is 0 Å². The molecule has 0 aromatic carbocycles. The van der Waals surface area contributed by atoms with Crippen LogP contribution in [-0.2, 0) is 4.74 Å². The van der Waals surface area contributed by atoms with Crippen molar-refractivity contribution in [3.63, 3.8) is 0 Å². The Labute approximate surface area is 98.4 Å². The Morgan fingerprint density at radius 3 is 2.44 bits per heavy atom. The van der Waals surface area contributed by atoms with Crippen LogP contribution in [0, 0.1) is 17.2 Å². The molecule has 1 rings (SSSR count). The molecule has 1 aliphatic carbocycles. The van der Waals surface area contributed by atoms with Crippen molar-refractivity contribution in [2.45, 2.75) is 70.7 Å². The number of aliphatic hydroxyl groups is 1. The fourth-order valence-electron chi connectivity index (χ4n) is 2.24. The van der Waals surface area contributed by atoms with Crippen LogP contribution >= 0.6 is 0 Å². The second-order valence-corrected chi connectivity index (χ2v) is 4.94. The summed E-state index contributed by atoms with van der Waals surface area (Å²) < 4.78 is 5.55. The summed E-state index contributed by atoms with van der Waals surface area (Å²) in [6.07, 6.45) is 6.06. The monoisotopic (exact) mass is 225 g/mol. The van der Waals surface area contributed by atoms with Gasteiger partial charge in [-0.3, -0.25) is 0 Å². The SMILES string of the molecule is CC(O)C(C)OC(C#N)CC1CCCCC1. The highest BCUT2D eigenvalue weighted by molar-refractivity contribution is 4.87. The average molecular weight is 225 g/mol. The topological polar surface area (TPSA) is 53.2 Å². The normalized spacial score (nSPS) is 23.4. The molecule has 0 bridgehead atoms. The van der Waals surface area contributed by atoms with Crippen LogP contribution in [0.3, 0.4) is 0 Å². The van der Waals surface area contributed by atoms with E-state index in [0.29, 0.717) is 5.92 Å². The maximum atomic E-state index is 9.34. The first-order valence-electron chi connectivity index (χ1n) is 6.36. The van der Waals surface area contributed by atoms with Crippen molar-refractivity contribution in [1.82, 2.24) is 0 Å². The van der Waals surface area contributed by atoms with Crippen LogP contribution in [0.5, 0.6) is 0 Å². The van der Waals surface area contributed by atoms with Crippen LogP contribution in [0.1, 0.15) is 52.4 Å². The molecule has 1 saturated carbocycles. The average Bonchev–Trinajstić information content (AvgIpc) is 2.29. The van der Waals surface area contributed by atoms with E-state index < -0.39 is 6.10 Å². The lowest BCUT2D eigenvalue weighted by molar-refractivity contribution is -0.0492. The zero-order chi connectivity index (χ0) is 12.0. The van der Waals surface area contributed by atoms with E-state index in [4.69, 9.17) is 10.00 Å². The number of ether oxygens (including phenoxy) is 1. The summed E-state index contributed by atoms with van der Waals surface area (Å²) in [5, 5.41) is 18.4. The van der Waals surface area contributed by atoms with Crippen LogP contribution in [0.25, 0.3) is 0 Å². The maximum Gasteiger partial charge on any atom is 0.144 e. The zero-order valence-electron chi connectivity index (χ0n) is 10.4. The first-order valence-corrected chi connectivity index (χ1v) is 6.36. The van der Waals surface area contributed by atoms with Gasteiger partial charge in [-0.05, 0) is 26.2 Å². The Morgan fingerprint density at radius 2 is 1.94 bits per heavy atom. The van der Waals surface area contributed by atoms with Gasteiger partial charge >= 0.3 is 0 Å². The summed E-state index contributed by atoms with van der Waals surface area (Å²) in [4.78, 5) is 0. The van der Waals surface area contributed by atoms with E-state index in [-0.39, 0.29) is 12.2 Å². The lowest BCUT2D eigenvalue weighted by atomic mass is 9.85. The fourth-order valence-corrected chi connectivity index (χ4v) is 2.24. The molecular formula is C13H23NO2. The molecule has 0 heterocycles. The highest BCUT2D eigenvalue weighted by Gasteiger charge is 2.22. The fraction of sp³-hybridized carbons (Fsp3) is 0.923. The summed E-state index contributed by atoms with van der Waals surface area (Å²) >= 11 is 0. The molecule has 1 N–H and O–H groups in total. The van der Waals surface area contributed by atoms with Gasteiger partial charge < -0.3 is 9.84 Å². The molecule has 0 aromatic heterocycles. The minimum absolute atomic E-state index is 0.256. The smallest absolute Gasteiger partial charge is 0.144 e. The number of nitrogens with zero attached hydrogens (tertiary/aromatic N) is 1. The first kappa shape index (κ1) is 13.5. The van der Waals surface area contributed by atoms with E-state index in [1.807, 2.05) is 6.92 Å². The largest absolute Gasteiger partial charge is 0.391 e. The van der Waals surface area contributed by atoms with Crippen molar-refractivity contribution in [3.8, 4) is 6.07 Å². The molecule has 3 nitrogen and oxygen atoms in total. The molecule has 1 aliphatic rings. The summed E-state index contributed by atoms with van der Waals surface area (Å²) in [5.74, 6) is 0.639. The van der Waals surface area contributed by atoms with Crippen LogP contribution < -0.4 is 0 Å². The lowest BCUT2D eigenvalue weighted by Crippen LogP contribution is -2.29. The third kappa shape index (κ3) is 4.51. The Kier molecular flexibility index (Phi) is 5.79.